The van der Waals surface area contributed by atoms with E-state index < -0.39 is 10.0 Å². The molecule has 2 aliphatic rings. The van der Waals surface area contributed by atoms with E-state index in [2.05, 4.69) is 15.2 Å². The molecule has 0 bridgehead atoms. The molecule has 0 spiro atoms. The summed E-state index contributed by atoms with van der Waals surface area (Å²) in [4.78, 5) is 8.07. The number of fused-ring (bicyclic) bond motifs is 1. The summed E-state index contributed by atoms with van der Waals surface area (Å²) < 4.78 is 27.7. The standard InChI is InChI=1S/C21H24N4O3S3/c1-24(31(27,28)19-6-3-9-29-19)18-5-2-4-14-10-17(23-20(14)18)21-22-11-16(30-21)13-25-8-7-15(26)12-25/h2-6,9,11,15,17,23,26H,7-8,10,12-13H2,1H3. The molecule has 4 heterocycles. The number of aliphatic hydroxyl groups is 1. The summed E-state index contributed by atoms with van der Waals surface area (Å²) in [5.41, 5.74) is 2.60. The third-order valence-electron chi connectivity index (χ3n) is 5.82. The number of likely N-dealkylation sites (tertiary alicyclic amines) is 1. The van der Waals surface area contributed by atoms with Crippen LogP contribution < -0.4 is 9.62 Å². The van der Waals surface area contributed by atoms with Crippen LogP contribution in [0.4, 0.5) is 11.4 Å². The number of nitrogens with one attached hydrogen (secondary N) is 1. The predicted octanol–water partition coefficient (Wildman–Crippen LogP) is 3.31. The second kappa shape index (κ2) is 8.18. The molecule has 5 rings (SSSR count). The number of hydrogen-bond acceptors (Lipinski definition) is 8. The van der Waals surface area contributed by atoms with Crippen LogP contribution in [-0.2, 0) is 23.0 Å². The Morgan fingerprint density at radius 2 is 2.19 bits per heavy atom. The van der Waals surface area contributed by atoms with Crippen LogP contribution >= 0.6 is 22.7 Å². The van der Waals surface area contributed by atoms with Gasteiger partial charge in [0.15, 0.2) is 0 Å². The highest BCUT2D eigenvalue weighted by atomic mass is 32.2. The van der Waals surface area contributed by atoms with Gasteiger partial charge in [-0.2, -0.15) is 0 Å². The van der Waals surface area contributed by atoms with Gasteiger partial charge in [-0.25, -0.2) is 13.4 Å². The average molecular weight is 477 g/mol. The zero-order valence-electron chi connectivity index (χ0n) is 17.1. The molecule has 3 aromatic rings. The summed E-state index contributed by atoms with van der Waals surface area (Å²) in [7, 11) is -1.99. The van der Waals surface area contributed by atoms with E-state index in [4.69, 9.17) is 0 Å². The molecule has 1 saturated heterocycles. The quantitative estimate of drug-likeness (QED) is 0.568. The van der Waals surface area contributed by atoms with Crippen LogP contribution in [0.3, 0.4) is 0 Å². The van der Waals surface area contributed by atoms with Gasteiger partial charge in [-0.3, -0.25) is 9.21 Å². The number of thiazole rings is 1. The van der Waals surface area contributed by atoms with E-state index in [0.29, 0.717) is 9.90 Å². The normalized spacial score (nSPS) is 21.2. The molecule has 0 amide bonds. The lowest BCUT2D eigenvalue weighted by Gasteiger charge is -2.21. The summed E-state index contributed by atoms with van der Waals surface area (Å²) in [6, 6.07) is 9.19. The molecule has 1 fully saturated rings. The van der Waals surface area contributed by atoms with Gasteiger partial charge in [0.05, 0.1) is 23.5 Å². The molecule has 31 heavy (non-hydrogen) atoms. The highest BCUT2D eigenvalue weighted by Crippen LogP contribution is 2.42. The van der Waals surface area contributed by atoms with Crippen molar-refractivity contribution < 1.29 is 13.5 Å². The third kappa shape index (κ3) is 3.98. The second-order valence-corrected chi connectivity index (χ2v) is 12.2. The van der Waals surface area contributed by atoms with E-state index in [1.54, 1.807) is 35.9 Å². The van der Waals surface area contributed by atoms with Crippen LogP contribution in [-0.4, -0.2) is 49.6 Å². The summed E-state index contributed by atoms with van der Waals surface area (Å²) in [6.45, 7) is 2.44. The van der Waals surface area contributed by atoms with Crippen molar-refractivity contribution in [3.8, 4) is 0 Å². The third-order valence-corrected chi connectivity index (χ3v) is 10.1. The number of para-hydroxylation sites is 1. The van der Waals surface area contributed by atoms with Crippen LogP contribution in [0.2, 0.25) is 0 Å². The number of sulfonamides is 1. The van der Waals surface area contributed by atoms with Gasteiger partial charge in [0.25, 0.3) is 10.0 Å². The number of benzene rings is 1. The van der Waals surface area contributed by atoms with E-state index in [9.17, 15) is 13.5 Å². The highest BCUT2D eigenvalue weighted by Gasteiger charge is 2.31. The van der Waals surface area contributed by atoms with Crippen LogP contribution in [0.1, 0.15) is 27.9 Å². The predicted molar refractivity (Wildman–Crippen MR) is 124 cm³/mol. The van der Waals surface area contributed by atoms with E-state index >= 15 is 0 Å². The van der Waals surface area contributed by atoms with Gasteiger partial charge in [0, 0.05) is 44.2 Å². The zero-order valence-corrected chi connectivity index (χ0v) is 19.5. The maximum absolute atomic E-state index is 13.0. The van der Waals surface area contributed by atoms with Crippen LogP contribution in [0, 0.1) is 0 Å². The van der Waals surface area contributed by atoms with Crippen molar-refractivity contribution in [3.63, 3.8) is 0 Å². The molecule has 1 aromatic carbocycles. The first-order valence-corrected chi connectivity index (χ1v) is 13.3. The Labute approximate surface area is 190 Å². The van der Waals surface area contributed by atoms with Crippen molar-refractivity contribution in [2.75, 3.05) is 29.8 Å². The maximum atomic E-state index is 13.0. The number of β-amino-alcohol motifs (C(OH)–C–C–N with tert-alkyl or cyclic N) is 1. The largest absolute Gasteiger partial charge is 0.392 e. The minimum absolute atomic E-state index is 0.0249. The molecule has 0 saturated carbocycles. The van der Waals surface area contributed by atoms with Gasteiger partial charge in [-0.05, 0) is 29.5 Å². The Morgan fingerprint density at radius 1 is 1.32 bits per heavy atom. The Balaban J connectivity index is 1.35. The van der Waals surface area contributed by atoms with Crippen molar-refractivity contribution in [2.24, 2.45) is 0 Å². The number of rotatable bonds is 6. The molecule has 0 aliphatic carbocycles. The molecule has 164 valence electrons. The van der Waals surface area contributed by atoms with E-state index in [0.717, 1.165) is 48.7 Å². The summed E-state index contributed by atoms with van der Waals surface area (Å²) in [6.07, 6.45) is 3.30. The number of thiophene rings is 1. The monoisotopic (exact) mass is 476 g/mol. The molecule has 2 unspecified atom stereocenters. The first-order chi connectivity index (χ1) is 14.9. The van der Waals surface area contributed by atoms with E-state index in [-0.39, 0.29) is 12.1 Å². The number of aliphatic hydroxyl groups excluding tert-OH is 1. The number of hydrogen-bond donors (Lipinski definition) is 2. The summed E-state index contributed by atoms with van der Waals surface area (Å²) in [5, 5.41) is 16.0. The molecule has 2 aliphatic heterocycles. The van der Waals surface area contributed by atoms with Crippen molar-refractivity contribution in [1.29, 1.82) is 0 Å². The van der Waals surface area contributed by atoms with Gasteiger partial charge in [-0.15, -0.1) is 22.7 Å². The average Bonchev–Trinajstić information content (AvgIpc) is 3.53. The van der Waals surface area contributed by atoms with Crippen LogP contribution in [0.5, 0.6) is 0 Å². The number of aromatic nitrogens is 1. The Morgan fingerprint density at radius 3 is 2.94 bits per heavy atom. The maximum Gasteiger partial charge on any atom is 0.273 e. The van der Waals surface area contributed by atoms with Gasteiger partial charge in [0.1, 0.15) is 9.22 Å². The first-order valence-electron chi connectivity index (χ1n) is 10.2. The minimum atomic E-state index is -3.59. The summed E-state index contributed by atoms with van der Waals surface area (Å²) >= 11 is 2.90. The lowest BCUT2D eigenvalue weighted by atomic mass is 10.1. The molecule has 2 atom stereocenters. The lowest BCUT2D eigenvalue weighted by molar-refractivity contribution is 0.175. The SMILES string of the molecule is CN(c1cccc2c1NC(c1ncc(CN3CCC(O)C3)s1)C2)S(=O)(=O)c1cccs1. The number of anilines is 2. The zero-order chi connectivity index (χ0) is 21.6. The van der Waals surface area contributed by atoms with Crippen LogP contribution in [0.25, 0.3) is 0 Å². The molecule has 2 aromatic heterocycles. The topological polar surface area (TPSA) is 85.8 Å². The fourth-order valence-electron chi connectivity index (χ4n) is 4.19. The van der Waals surface area contributed by atoms with Crippen LogP contribution in [0.15, 0.2) is 46.1 Å². The molecule has 0 radical (unpaired) electrons. The highest BCUT2D eigenvalue weighted by molar-refractivity contribution is 7.94. The van der Waals surface area contributed by atoms with Crippen molar-refractivity contribution in [1.82, 2.24) is 9.88 Å². The smallest absolute Gasteiger partial charge is 0.273 e. The lowest BCUT2D eigenvalue weighted by Crippen LogP contribution is -2.26. The van der Waals surface area contributed by atoms with E-state index in [1.807, 2.05) is 24.4 Å². The van der Waals surface area contributed by atoms with Gasteiger partial charge < -0.3 is 10.4 Å². The van der Waals surface area contributed by atoms with E-state index in [1.165, 1.54) is 20.5 Å². The molecular weight excluding hydrogens is 452 g/mol. The molecule has 10 heteroatoms. The van der Waals surface area contributed by atoms with Gasteiger partial charge in [0.2, 0.25) is 0 Å². The second-order valence-electron chi connectivity index (χ2n) is 7.96. The molecule has 2 N–H and O–H groups in total. The number of nitrogens with zero attached hydrogens (tertiary/aromatic N) is 3. The molecular formula is C21H24N4O3S3. The van der Waals surface area contributed by atoms with Gasteiger partial charge >= 0.3 is 0 Å². The fraction of sp³-hybridized carbons (Fsp3) is 0.381. The molecule has 7 nitrogen and oxygen atoms in total. The minimum Gasteiger partial charge on any atom is -0.392 e. The van der Waals surface area contributed by atoms with Gasteiger partial charge in [-0.1, -0.05) is 18.2 Å². The Kier molecular flexibility index (Phi) is 5.51. The summed E-state index contributed by atoms with van der Waals surface area (Å²) in [5.74, 6) is 0. The fourth-order valence-corrected chi connectivity index (χ4v) is 7.57. The Bertz CT molecular complexity index is 1180. The first kappa shape index (κ1) is 20.9. The Hall–Kier alpha value is -1.98. The van der Waals surface area contributed by atoms with Crippen molar-refractivity contribution in [2.45, 2.75) is 35.7 Å². The van der Waals surface area contributed by atoms with Crippen molar-refractivity contribution in [3.05, 3.63) is 57.4 Å². The van der Waals surface area contributed by atoms with Crippen molar-refractivity contribution >= 4 is 44.1 Å².